The van der Waals surface area contributed by atoms with E-state index in [2.05, 4.69) is 29.4 Å². The van der Waals surface area contributed by atoms with Crippen molar-refractivity contribution in [3.63, 3.8) is 0 Å². The molecule has 0 aliphatic carbocycles. The number of nitrogens with one attached hydrogen (secondary N) is 1. The van der Waals surface area contributed by atoms with Crippen molar-refractivity contribution in [2.24, 2.45) is 10.7 Å². The lowest BCUT2D eigenvalue weighted by atomic mass is 9.84. The number of carbonyl (C=O) groups is 2. The number of ether oxygens (including phenoxy) is 1. The van der Waals surface area contributed by atoms with Gasteiger partial charge in [0.15, 0.2) is 11.5 Å². The van der Waals surface area contributed by atoms with Gasteiger partial charge in [-0.15, -0.1) is 0 Å². The molecule has 2 aliphatic rings. The van der Waals surface area contributed by atoms with Gasteiger partial charge in [-0.2, -0.15) is 0 Å². The second kappa shape index (κ2) is 9.32. The predicted molar refractivity (Wildman–Crippen MR) is 117 cm³/mol. The van der Waals surface area contributed by atoms with Gasteiger partial charge in [0.05, 0.1) is 12.6 Å². The number of amides is 2. The minimum absolute atomic E-state index is 0.0774. The Balaban J connectivity index is 1.55. The number of rotatable bonds is 5. The van der Waals surface area contributed by atoms with Gasteiger partial charge in [-0.1, -0.05) is 37.3 Å². The van der Waals surface area contributed by atoms with Crippen LogP contribution < -0.4 is 11.1 Å². The average molecular weight is 413 g/mol. The zero-order valence-electron chi connectivity index (χ0n) is 18.1. The Bertz CT molecular complexity index is 824. The number of carbonyl (C=O) groups excluding carboxylic acids is 2. The van der Waals surface area contributed by atoms with Crippen LogP contribution in [0.3, 0.4) is 0 Å². The van der Waals surface area contributed by atoms with Crippen molar-refractivity contribution in [2.45, 2.75) is 57.6 Å². The highest BCUT2D eigenvalue weighted by Crippen LogP contribution is 2.36. The molecule has 1 aromatic rings. The molecule has 1 saturated heterocycles. The van der Waals surface area contributed by atoms with Gasteiger partial charge in [0.2, 0.25) is 0 Å². The van der Waals surface area contributed by atoms with Crippen LogP contribution in [0.2, 0.25) is 0 Å². The monoisotopic (exact) mass is 412 g/mol. The molecule has 1 spiro atoms. The van der Waals surface area contributed by atoms with Crippen molar-refractivity contribution in [3.05, 3.63) is 47.4 Å². The molecule has 1 atom stereocenters. The molecule has 3 rings (SSSR count). The van der Waals surface area contributed by atoms with E-state index >= 15 is 0 Å². The van der Waals surface area contributed by atoms with Crippen molar-refractivity contribution in [1.29, 1.82) is 0 Å². The van der Waals surface area contributed by atoms with Crippen LogP contribution in [-0.2, 0) is 9.53 Å². The predicted octanol–water partition coefficient (Wildman–Crippen LogP) is 2.97. The van der Waals surface area contributed by atoms with E-state index in [1.807, 2.05) is 32.0 Å². The Hall–Kier alpha value is -2.83. The smallest absolute Gasteiger partial charge is 0.317 e. The Morgan fingerprint density at radius 2 is 1.93 bits per heavy atom. The first-order valence-corrected chi connectivity index (χ1v) is 10.6. The highest BCUT2D eigenvalue weighted by Gasteiger charge is 2.44. The lowest BCUT2D eigenvalue weighted by molar-refractivity contribution is -0.127. The summed E-state index contributed by atoms with van der Waals surface area (Å²) in [6, 6.07) is 10.1. The first-order valence-electron chi connectivity index (χ1n) is 10.6. The van der Waals surface area contributed by atoms with Crippen molar-refractivity contribution in [3.8, 4) is 0 Å². The van der Waals surface area contributed by atoms with Crippen LogP contribution >= 0.6 is 0 Å². The summed E-state index contributed by atoms with van der Waals surface area (Å²) in [6.07, 6.45) is 2.99. The van der Waals surface area contributed by atoms with Crippen molar-refractivity contribution < 1.29 is 14.3 Å². The second-order valence-electron chi connectivity index (χ2n) is 8.52. The third kappa shape index (κ3) is 5.20. The number of allylic oxidation sites excluding steroid dienone is 2. The molecule has 1 aromatic carbocycles. The van der Waals surface area contributed by atoms with Crippen LogP contribution in [0.1, 0.15) is 51.5 Å². The van der Waals surface area contributed by atoms with Crippen LogP contribution in [-0.4, -0.2) is 54.2 Å². The molecule has 0 saturated carbocycles. The number of hydrogen-bond donors (Lipinski definition) is 2. The zero-order valence-corrected chi connectivity index (χ0v) is 18.1. The van der Waals surface area contributed by atoms with Crippen LogP contribution in [0.25, 0.3) is 0 Å². The maximum Gasteiger partial charge on any atom is 0.317 e. The van der Waals surface area contributed by atoms with Gasteiger partial charge in [-0.3, -0.25) is 9.79 Å². The molecular weight excluding hydrogens is 380 g/mol. The van der Waals surface area contributed by atoms with Crippen LogP contribution in [0, 0.1) is 0 Å². The van der Waals surface area contributed by atoms with E-state index in [9.17, 15) is 9.59 Å². The molecule has 0 bridgehead atoms. The summed E-state index contributed by atoms with van der Waals surface area (Å²) in [4.78, 5) is 31.2. The van der Waals surface area contributed by atoms with Gasteiger partial charge in [0, 0.05) is 38.5 Å². The van der Waals surface area contributed by atoms with E-state index in [4.69, 9.17) is 10.5 Å². The van der Waals surface area contributed by atoms with Crippen LogP contribution in [0.5, 0.6) is 0 Å². The Morgan fingerprint density at radius 1 is 1.27 bits per heavy atom. The standard InChI is InChI=1S/C23H32N4O3/c1-16(2)25-15-20-21(24)19(28)13-23(30-20)9-11-27(12-10-23)22(29)26-14-17(3)18-7-5-4-6-8-18/h4-8,15-17H,9-14,24H2,1-3H3,(H,26,29)/t17-/m0/s1. The number of hydrogen-bond acceptors (Lipinski definition) is 5. The minimum atomic E-state index is -0.605. The van der Waals surface area contributed by atoms with Crippen LogP contribution in [0.4, 0.5) is 4.79 Å². The number of aliphatic imine (C=N–C) groups is 1. The number of likely N-dealkylation sites (tertiary alicyclic amines) is 1. The van der Waals surface area contributed by atoms with Gasteiger partial charge in [0.1, 0.15) is 11.3 Å². The van der Waals surface area contributed by atoms with Crippen molar-refractivity contribution >= 4 is 18.0 Å². The Morgan fingerprint density at radius 3 is 2.57 bits per heavy atom. The third-order valence-electron chi connectivity index (χ3n) is 5.75. The molecule has 2 heterocycles. The fourth-order valence-electron chi connectivity index (χ4n) is 3.81. The first-order chi connectivity index (χ1) is 14.3. The van der Waals surface area contributed by atoms with Gasteiger partial charge >= 0.3 is 6.03 Å². The van der Waals surface area contributed by atoms with E-state index in [0.717, 1.165) is 0 Å². The zero-order chi connectivity index (χ0) is 21.7. The van der Waals surface area contributed by atoms with Gasteiger partial charge < -0.3 is 20.7 Å². The maximum absolute atomic E-state index is 12.6. The first kappa shape index (κ1) is 21.9. The Labute approximate surface area is 178 Å². The molecule has 0 radical (unpaired) electrons. The molecule has 2 amide bonds. The van der Waals surface area contributed by atoms with E-state index in [0.29, 0.717) is 38.2 Å². The summed E-state index contributed by atoms with van der Waals surface area (Å²) in [5.41, 5.74) is 6.66. The fraction of sp³-hybridized carbons (Fsp3) is 0.522. The molecule has 162 valence electrons. The molecule has 0 unspecified atom stereocenters. The summed E-state index contributed by atoms with van der Waals surface area (Å²) in [6.45, 7) is 7.64. The van der Waals surface area contributed by atoms with Gasteiger partial charge in [-0.25, -0.2) is 4.79 Å². The number of nitrogens with two attached hydrogens (primary N) is 1. The molecule has 7 nitrogen and oxygen atoms in total. The minimum Gasteiger partial charge on any atom is -0.483 e. The van der Waals surface area contributed by atoms with Crippen LogP contribution in [0.15, 0.2) is 46.8 Å². The lowest BCUT2D eigenvalue weighted by Crippen LogP contribution is -2.53. The Kier molecular flexibility index (Phi) is 6.80. The van der Waals surface area contributed by atoms with Gasteiger partial charge in [-0.05, 0) is 25.3 Å². The van der Waals surface area contributed by atoms with Gasteiger partial charge in [0.25, 0.3) is 0 Å². The van der Waals surface area contributed by atoms with E-state index < -0.39 is 5.60 Å². The number of nitrogens with zero attached hydrogens (tertiary/aromatic N) is 2. The number of ketones is 1. The lowest BCUT2D eigenvalue weighted by Gasteiger charge is -2.43. The molecular formula is C23H32N4O3. The number of piperidine rings is 1. The number of urea groups is 1. The number of benzene rings is 1. The quantitative estimate of drug-likeness (QED) is 0.727. The summed E-state index contributed by atoms with van der Waals surface area (Å²) in [5, 5.41) is 3.03. The topological polar surface area (TPSA) is 97.0 Å². The van der Waals surface area contributed by atoms with E-state index in [1.54, 1.807) is 11.1 Å². The summed E-state index contributed by atoms with van der Waals surface area (Å²) >= 11 is 0. The van der Waals surface area contributed by atoms with E-state index in [-0.39, 0.29) is 35.9 Å². The summed E-state index contributed by atoms with van der Waals surface area (Å²) in [5.74, 6) is 0.483. The maximum atomic E-state index is 12.6. The normalized spacial score (nSPS) is 20.0. The second-order valence-corrected chi connectivity index (χ2v) is 8.52. The molecule has 3 N–H and O–H groups in total. The molecule has 2 aliphatic heterocycles. The van der Waals surface area contributed by atoms with Crippen molar-refractivity contribution in [1.82, 2.24) is 10.2 Å². The average Bonchev–Trinajstić information content (AvgIpc) is 2.74. The summed E-state index contributed by atoms with van der Waals surface area (Å²) < 4.78 is 6.16. The van der Waals surface area contributed by atoms with E-state index in [1.165, 1.54) is 5.56 Å². The molecule has 0 aromatic heterocycles. The van der Waals surface area contributed by atoms with Crippen molar-refractivity contribution in [2.75, 3.05) is 19.6 Å². The highest BCUT2D eigenvalue weighted by atomic mass is 16.5. The third-order valence-corrected chi connectivity index (χ3v) is 5.75. The largest absolute Gasteiger partial charge is 0.483 e. The highest BCUT2D eigenvalue weighted by molar-refractivity contribution is 6.01. The summed E-state index contributed by atoms with van der Waals surface area (Å²) in [7, 11) is 0. The molecule has 30 heavy (non-hydrogen) atoms. The molecule has 1 fully saturated rings. The molecule has 7 heteroatoms. The fourth-order valence-corrected chi connectivity index (χ4v) is 3.81. The number of Topliss-reactive ketones (excluding diaryl/α,β-unsaturated/α-hetero) is 1. The SMILES string of the molecule is CC(C)N=CC1=C(N)C(=O)CC2(CCN(C(=O)NC[C@H](C)c3ccccc3)CC2)O1.